The molecule has 0 aromatic carbocycles. The maximum atomic E-state index is 12.5. The van der Waals surface area contributed by atoms with E-state index in [2.05, 4.69) is 4.98 Å². The van der Waals surface area contributed by atoms with Crippen LogP contribution in [0.1, 0.15) is 38.1 Å². The van der Waals surface area contributed by atoms with Crippen molar-refractivity contribution in [3.63, 3.8) is 0 Å². The van der Waals surface area contributed by atoms with Gasteiger partial charge >= 0.3 is 18.2 Å². The second kappa shape index (κ2) is 4.68. The van der Waals surface area contributed by atoms with Gasteiger partial charge in [0.15, 0.2) is 0 Å². The molecule has 1 aliphatic rings. The molecule has 0 radical (unpaired) electrons. The third-order valence-corrected chi connectivity index (χ3v) is 2.63. The summed E-state index contributed by atoms with van der Waals surface area (Å²) in [6.07, 6.45) is -4.98. The highest BCUT2D eigenvalue weighted by molar-refractivity contribution is 5.68. The predicted molar refractivity (Wildman–Crippen MR) is 61.9 cm³/mol. The van der Waals surface area contributed by atoms with E-state index in [0.29, 0.717) is 0 Å². The van der Waals surface area contributed by atoms with Crippen molar-refractivity contribution in [1.29, 1.82) is 0 Å². The Kier molecular flexibility index (Phi) is 3.43. The molecule has 0 saturated heterocycles. The van der Waals surface area contributed by atoms with Crippen molar-refractivity contribution < 1.29 is 27.1 Å². The first kappa shape index (κ1) is 14.7. The average molecular weight is 292 g/mol. The number of halogens is 3. The van der Waals surface area contributed by atoms with Crippen LogP contribution in [-0.2, 0) is 23.9 Å². The van der Waals surface area contributed by atoms with Crippen LogP contribution in [0.25, 0.3) is 0 Å². The fourth-order valence-electron chi connectivity index (χ4n) is 1.80. The molecule has 8 heteroatoms. The molecule has 0 fully saturated rings. The van der Waals surface area contributed by atoms with E-state index in [1.54, 1.807) is 20.8 Å². The van der Waals surface area contributed by atoms with Gasteiger partial charge in [-0.25, -0.2) is 9.78 Å². The van der Waals surface area contributed by atoms with Gasteiger partial charge < -0.3 is 14.1 Å². The van der Waals surface area contributed by atoms with Gasteiger partial charge in [-0.2, -0.15) is 13.2 Å². The molecule has 1 aromatic rings. The van der Waals surface area contributed by atoms with Crippen LogP contribution in [0.15, 0.2) is 4.42 Å². The van der Waals surface area contributed by atoms with Crippen LogP contribution in [0.5, 0.6) is 0 Å². The minimum atomic E-state index is -4.62. The Hall–Kier alpha value is -1.73. The fourth-order valence-corrected chi connectivity index (χ4v) is 1.80. The number of ether oxygens (including phenoxy) is 1. The molecule has 0 aliphatic carbocycles. The molecular formula is C12H15F3N2O3. The number of carbonyl (C=O) groups excluding carboxylic acids is 1. The number of hydrogen-bond acceptors (Lipinski definition) is 4. The molecule has 20 heavy (non-hydrogen) atoms. The summed E-state index contributed by atoms with van der Waals surface area (Å²) in [5.74, 6) is -1.21. The lowest BCUT2D eigenvalue weighted by molar-refractivity contribution is -0.157. The first-order valence-corrected chi connectivity index (χ1v) is 6.10. The summed E-state index contributed by atoms with van der Waals surface area (Å²) in [4.78, 5) is 16.6. The monoisotopic (exact) mass is 292 g/mol. The van der Waals surface area contributed by atoms with Gasteiger partial charge in [0, 0.05) is 13.0 Å². The topological polar surface area (TPSA) is 55.6 Å². The predicted octanol–water partition coefficient (Wildman–Crippen LogP) is 2.99. The summed E-state index contributed by atoms with van der Waals surface area (Å²) in [5.41, 5.74) is -0.409. The molecule has 0 saturated carbocycles. The Morgan fingerprint density at radius 3 is 2.55 bits per heavy atom. The minimum absolute atomic E-state index is 0.0622. The van der Waals surface area contributed by atoms with Crippen molar-refractivity contribution in [1.82, 2.24) is 9.88 Å². The average Bonchev–Trinajstić information content (AvgIpc) is 2.68. The van der Waals surface area contributed by atoms with Gasteiger partial charge in [-0.05, 0) is 20.8 Å². The number of oxazole rings is 1. The first-order chi connectivity index (χ1) is 9.06. The van der Waals surface area contributed by atoms with Gasteiger partial charge in [0.05, 0.1) is 12.2 Å². The molecule has 1 aliphatic heterocycles. The summed E-state index contributed by atoms with van der Waals surface area (Å²) in [5, 5.41) is 0. The SMILES string of the molecule is CC(C)(C)OC(=O)N1CCc2nc(C(F)(F)F)oc2C1. The van der Waals surface area contributed by atoms with Gasteiger partial charge in [-0.15, -0.1) is 0 Å². The molecule has 0 spiro atoms. The zero-order chi connectivity index (χ0) is 15.1. The van der Waals surface area contributed by atoms with Crippen LogP contribution >= 0.6 is 0 Å². The quantitative estimate of drug-likeness (QED) is 0.737. The Morgan fingerprint density at radius 2 is 2.00 bits per heavy atom. The molecule has 0 bridgehead atoms. The third-order valence-electron chi connectivity index (χ3n) is 2.63. The van der Waals surface area contributed by atoms with E-state index in [1.807, 2.05) is 0 Å². The number of fused-ring (bicyclic) bond motifs is 1. The van der Waals surface area contributed by atoms with Crippen LogP contribution in [0.3, 0.4) is 0 Å². The number of amides is 1. The van der Waals surface area contributed by atoms with Gasteiger partial charge in [0.25, 0.3) is 0 Å². The highest BCUT2D eigenvalue weighted by atomic mass is 19.4. The number of rotatable bonds is 0. The molecule has 0 atom stereocenters. The molecule has 2 rings (SSSR count). The Morgan fingerprint density at radius 1 is 1.35 bits per heavy atom. The lowest BCUT2D eigenvalue weighted by atomic mass is 10.1. The van der Waals surface area contributed by atoms with Crippen LogP contribution in [0.4, 0.5) is 18.0 Å². The van der Waals surface area contributed by atoms with Crippen molar-refractivity contribution in [3.8, 4) is 0 Å². The molecule has 0 N–H and O–H groups in total. The van der Waals surface area contributed by atoms with Crippen LogP contribution in [0, 0.1) is 0 Å². The van der Waals surface area contributed by atoms with Gasteiger partial charge in [-0.3, -0.25) is 0 Å². The minimum Gasteiger partial charge on any atom is -0.444 e. The lowest BCUT2D eigenvalue weighted by Crippen LogP contribution is -2.39. The number of alkyl halides is 3. The molecule has 1 amide bonds. The smallest absolute Gasteiger partial charge is 0.444 e. The Labute approximate surface area is 113 Å². The molecule has 112 valence electrons. The number of nitrogens with zero attached hydrogens (tertiary/aromatic N) is 2. The van der Waals surface area contributed by atoms with Crippen LogP contribution in [-0.4, -0.2) is 28.1 Å². The largest absolute Gasteiger partial charge is 0.468 e. The zero-order valence-electron chi connectivity index (χ0n) is 11.4. The second-order valence-corrected chi connectivity index (χ2v) is 5.54. The van der Waals surface area contributed by atoms with Gasteiger partial charge in [-0.1, -0.05) is 0 Å². The van der Waals surface area contributed by atoms with Crippen LogP contribution in [0.2, 0.25) is 0 Å². The Balaban J connectivity index is 2.11. The third kappa shape index (κ3) is 3.23. The van der Waals surface area contributed by atoms with Crippen molar-refractivity contribution >= 4 is 6.09 Å². The summed E-state index contributed by atoms with van der Waals surface area (Å²) in [6.45, 7) is 5.35. The molecule has 5 nitrogen and oxygen atoms in total. The number of aromatic nitrogens is 1. The van der Waals surface area contributed by atoms with E-state index in [-0.39, 0.29) is 31.0 Å². The van der Waals surface area contributed by atoms with E-state index in [9.17, 15) is 18.0 Å². The van der Waals surface area contributed by atoms with Gasteiger partial charge in [0.1, 0.15) is 11.4 Å². The van der Waals surface area contributed by atoms with Crippen molar-refractivity contribution in [2.75, 3.05) is 6.54 Å². The summed E-state index contributed by atoms with van der Waals surface area (Å²) in [7, 11) is 0. The van der Waals surface area contributed by atoms with Crippen molar-refractivity contribution in [2.24, 2.45) is 0 Å². The van der Waals surface area contributed by atoms with Gasteiger partial charge in [0.2, 0.25) is 0 Å². The maximum Gasteiger partial charge on any atom is 0.468 e. The highest BCUT2D eigenvalue weighted by Crippen LogP contribution is 2.32. The zero-order valence-corrected chi connectivity index (χ0v) is 11.4. The number of carbonyl (C=O) groups is 1. The van der Waals surface area contributed by atoms with E-state index in [0.717, 1.165) is 0 Å². The van der Waals surface area contributed by atoms with Crippen molar-refractivity contribution in [3.05, 3.63) is 17.3 Å². The van der Waals surface area contributed by atoms with E-state index >= 15 is 0 Å². The molecular weight excluding hydrogens is 277 g/mol. The van der Waals surface area contributed by atoms with Crippen LogP contribution < -0.4 is 0 Å². The van der Waals surface area contributed by atoms with E-state index in [4.69, 9.17) is 9.15 Å². The second-order valence-electron chi connectivity index (χ2n) is 5.54. The summed E-state index contributed by atoms with van der Waals surface area (Å²) >= 11 is 0. The standard InChI is InChI=1S/C12H15F3N2O3/c1-11(2,3)20-10(18)17-5-4-7-8(6-17)19-9(16-7)12(13,14)15/h4-6H2,1-3H3. The normalized spacial score (nSPS) is 16.0. The molecule has 2 heterocycles. The molecule has 1 aromatic heterocycles. The van der Waals surface area contributed by atoms with Crippen molar-refractivity contribution in [2.45, 2.75) is 45.5 Å². The lowest BCUT2D eigenvalue weighted by Gasteiger charge is -2.28. The number of hydrogen-bond donors (Lipinski definition) is 0. The molecule has 0 unspecified atom stereocenters. The highest BCUT2D eigenvalue weighted by Gasteiger charge is 2.40. The first-order valence-electron chi connectivity index (χ1n) is 6.10. The fraction of sp³-hybridized carbons (Fsp3) is 0.667. The van der Waals surface area contributed by atoms with E-state index < -0.39 is 23.8 Å². The summed E-state index contributed by atoms with van der Waals surface area (Å²) < 4.78 is 47.3. The summed E-state index contributed by atoms with van der Waals surface area (Å²) in [6, 6.07) is 0. The van der Waals surface area contributed by atoms with E-state index in [1.165, 1.54) is 4.90 Å². The maximum absolute atomic E-state index is 12.5. The Bertz CT molecular complexity index is 517.